The van der Waals surface area contributed by atoms with E-state index in [0.29, 0.717) is 13.0 Å². The number of aromatic nitrogens is 2. The number of anilines is 1. The van der Waals surface area contributed by atoms with E-state index in [9.17, 15) is 19.2 Å². The number of nitrogen functional groups attached to an aromatic ring is 1. The number of ketones is 1. The summed E-state index contributed by atoms with van der Waals surface area (Å²) in [5, 5.41) is 0. The zero-order chi connectivity index (χ0) is 21.8. The fraction of sp³-hybridized carbons (Fsp3) is 0.429. The molecule has 1 aromatic heterocycles. The molecule has 3 rings (SSSR count). The van der Waals surface area contributed by atoms with Gasteiger partial charge in [-0.3, -0.25) is 28.4 Å². The minimum Gasteiger partial charge on any atom is -0.468 e. The highest BCUT2D eigenvalue weighted by atomic mass is 16.5. The van der Waals surface area contributed by atoms with Crippen molar-refractivity contribution in [2.24, 2.45) is 0 Å². The Morgan fingerprint density at radius 3 is 2.50 bits per heavy atom. The minimum absolute atomic E-state index is 0.113. The number of rotatable bonds is 7. The maximum absolute atomic E-state index is 13.1. The van der Waals surface area contributed by atoms with E-state index >= 15 is 0 Å². The largest absolute Gasteiger partial charge is 0.468 e. The molecule has 0 unspecified atom stereocenters. The van der Waals surface area contributed by atoms with E-state index in [2.05, 4.69) is 0 Å². The van der Waals surface area contributed by atoms with Crippen LogP contribution in [-0.4, -0.2) is 52.0 Å². The number of hydrogen-bond donors (Lipinski definition) is 1. The first-order valence-electron chi connectivity index (χ1n) is 9.91. The van der Waals surface area contributed by atoms with Gasteiger partial charge in [0.05, 0.1) is 20.2 Å². The van der Waals surface area contributed by atoms with Crippen LogP contribution in [0.25, 0.3) is 0 Å². The average Bonchev–Trinajstić information content (AvgIpc) is 3.19. The highest BCUT2D eigenvalue weighted by Gasteiger charge is 2.34. The van der Waals surface area contributed by atoms with Crippen molar-refractivity contribution in [3.63, 3.8) is 0 Å². The molecule has 1 aliphatic heterocycles. The van der Waals surface area contributed by atoms with Crippen LogP contribution in [0.15, 0.2) is 39.9 Å². The zero-order valence-electron chi connectivity index (χ0n) is 17.2. The van der Waals surface area contributed by atoms with Crippen LogP contribution in [0.5, 0.6) is 0 Å². The van der Waals surface area contributed by atoms with Gasteiger partial charge in [-0.2, -0.15) is 0 Å². The van der Waals surface area contributed by atoms with Crippen LogP contribution in [0.4, 0.5) is 5.82 Å². The lowest BCUT2D eigenvalue weighted by Crippen LogP contribution is -2.46. The molecule has 1 fully saturated rings. The molecule has 30 heavy (non-hydrogen) atoms. The summed E-state index contributed by atoms with van der Waals surface area (Å²) in [6, 6.07) is 8.66. The second-order valence-electron chi connectivity index (χ2n) is 7.24. The Kier molecular flexibility index (Phi) is 6.51. The van der Waals surface area contributed by atoms with Gasteiger partial charge in [0.2, 0.25) is 0 Å². The third kappa shape index (κ3) is 4.06. The fourth-order valence-corrected chi connectivity index (χ4v) is 3.86. The topological polar surface area (TPSA) is 117 Å². The van der Waals surface area contributed by atoms with Crippen molar-refractivity contribution in [1.29, 1.82) is 0 Å². The highest BCUT2D eigenvalue weighted by molar-refractivity contribution is 6.01. The van der Waals surface area contributed by atoms with E-state index in [1.807, 2.05) is 30.3 Å². The first-order chi connectivity index (χ1) is 14.4. The number of benzene rings is 1. The molecule has 0 amide bonds. The highest BCUT2D eigenvalue weighted by Crippen LogP contribution is 2.19. The smallest absolute Gasteiger partial charge is 0.332 e. The third-order valence-electron chi connectivity index (χ3n) is 5.43. The van der Waals surface area contributed by atoms with E-state index in [1.54, 1.807) is 11.8 Å². The fourth-order valence-electron chi connectivity index (χ4n) is 3.86. The molecule has 1 aromatic carbocycles. The predicted octanol–water partition coefficient (Wildman–Crippen LogP) is 0.481. The average molecular weight is 414 g/mol. The summed E-state index contributed by atoms with van der Waals surface area (Å²) in [6.07, 6.45) is 1.33. The van der Waals surface area contributed by atoms with E-state index < -0.39 is 29.0 Å². The van der Waals surface area contributed by atoms with Crippen LogP contribution in [0.1, 0.15) is 35.7 Å². The van der Waals surface area contributed by atoms with Crippen LogP contribution in [0.3, 0.4) is 0 Å². The number of likely N-dealkylation sites (tertiary alicyclic amines) is 1. The molecule has 1 atom stereocenters. The van der Waals surface area contributed by atoms with Gasteiger partial charge in [0.15, 0.2) is 5.78 Å². The summed E-state index contributed by atoms with van der Waals surface area (Å²) in [5.41, 5.74) is 5.50. The quantitative estimate of drug-likeness (QED) is 0.517. The number of nitrogens with zero attached hydrogens (tertiary/aromatic N) is 3. The van der Waals surface area contributed by atoms with Crippen molar-refractivity contribution >= 4 is 17.6 Å². The van der Waals surface area contributed by atoms with E-state index in [0.717, 1.165) is 16.6 Å². The predicted molar refractivity (Wildman–Crippen MR) is 112 cm³/mol. The molecule has 9 heteroatoms. The van der Waals surface area contributed by atoms with Crippen molar-refractivity contribution in [2.75, 3.05) is 25.9 Å². The number of esters is 1. The summed E-state index contributed by atoms with van der Waals surface area (Å²) in [4.78, 5) is 52.4. The lowest BCUT2D eigenvalue weighted by molar-refractivity contribution is -0.145. The SMILES string of the molecule is CCn1c(=O)c(C(=O)CN2CCC[C@H]2C(=O)OC)c(N)n(Cc2ccccc2)c1=O. The molecule has 0 aliphatic carbocycles. The Bertz CT molecular complexity index is 1060. The number of carbonyl (C=O) groups excluding carboxylic acids is 2. The molecule has 1 aliphatic rings. The van der Waals surface area contributed by atoms with Gasteiger partial charge in [0, 0.05) is 6.54 Å². The van der Waals surface area contributed by atoms with Crippen LogP contribution in [0.2, 0.25) is 0 Å². The van der Waals surface area contributed by atoms with Crippen LogP contribution >= 0.6 is 0 Å². The van der Waals surface area contributed by atoms with Gasteiger partial charge < -0.3 is 10.5 Å². The van der Waals surface area contributed by atoms with Gasteiger partial charge >= 0.3 is 11.7 Å². The molecule has 0 spiro atoms. The first kappa shape index (κ1) is 21.5. The number of hydrogen-bond acceptors (Lipinski definition) is 7. The first-order valence-corrected chi connectivity index (χ1v) is 9.91. The number of Topliss-reactive ketones (excluding diaryl/α,β-unsaturated/α-hetero) is 1. The Labute approximate surface area is 173 Å². The molecule has 9 nitrogen and oxygen atoms in total. The van der Waals surface area contributed by atoms with Crippen molar-refractivity contribution in [3.05, 3.63) is 62.3 Å². The monoisotopic (exact) mass is 414 g/mol. The molecule has 2 N–H and O–H groups in total. The minimum atomic E-state index is -0.705. The molecule has 0 radical (unpaired) electrons. The van der Waals surface area contributed by atoms with Crippen molar-refractivity contribution in [3.8, 4) is 0 Å². The van der Waals surface area contributed by atoms with Crippen LogP contribution in [0, 0.1) is 0 Å². The summed E-state index contributed by atoms with van der Waals surface area (Å²) in [6.45, 7) is 2.30. The number of carbonyl (C=O) groups is 2. The summed E-state index contributed by atoms with van der Waals surface area (Å²) in [7, 11) is 1.30. The van der Waals surface area contributed by atoms with Crippen LogP contribution < -0.4 is 17.0 Å². The summed E-state index contributed by atoms with van der Waals surface area (Å²) < 4.78 is 7.06. The molecule has 2 aromatic rings. The van der Waals surface area contributed by atoms with Gasteiger partial charge in [-0.25, -0.2) is 4.79 Å². The second-order valence-corrected chi connectivity index (χ2v) is 7.24. The standard InChI is InChI=1S/C21H26N4O5/c1-3-24-19(27)17(16(26)13-23-11-7-10-15(23)20(28)30-2)18(22)25(21(24)29)12-14-8-5-4-6-9-14/h4-6,8-9,15H,3,7,10-13,22H2,1-2H3/t15-/m0/s1. The Balaban J connectivity index is 2.00. The van der Waals surface area contributed by atoms with Crippen molar-refractivity contribution < 1.29 is 14.3 Å². The molecule has 1 saturated heterocycles. The third-order valence-corrected chi connectivity index (χ3v) is 5.43. The lowest BCUT2D eigenvalue weighted by atomic mass is 10.1. The Morgan fingerprint density at radius 2 is 1.87 bits per heavy atom. The summed E-state index contributed by atoms with van der Waals surface area (Å²) >= 11 is 0. The maximum atomic E-state index is 13.1. The normalized spacial score (nSPS) is 16.5. The van der Waals surface area contributed by atoms with E-state index in [1.165, 1.54) is 11.7 Å². The zero-order valence-corrected chi connectivity index (χ0v) is 17.2. The molecule has 0 saturated carbocycles. The summed E-state index contributed by atoms with van der Waals surface area (Å²) in [5.74, 6) is -1.08. The molecule has 160 valence electrons. The lowest BCUT2D eigenvalue weighted by Gasteiger charge is -2.22. The van der Waals surface area contributed by atoms with E-state index in [4.69, 9.17) is 10.5 Å². The van der Waals surface area contributed by atoms with Crippen molar-refractivity contribution in [2.45, 2.75) is 38.9 Å². The maximum Gasteiger partial charge on any atom is 0.332 e. The second kappa shape index (κ2) is 9.08. The van der Waals surface area contributed by atoms with Gasteiger partial charge in [0.1, 0.15) is 17.4 Å². The van der Waals surface area contributed by atoms with Gasteiger partial charge in [-0.05, 0) is 31.9 Å². The molecule has 0 bridgehead atoms. The van der Waals surface area contributed by atoms with Gasteiger partial charge in [-0.1, -0.05) is 30.3 Å². The number of nitrogens with two attached hydrogens (primary N) is 1. The van der Waals surface area contributed by atoms with Crippen LogP contribution in [-0.2, 0) is 22.6 Å². The molecule has 2 heterocycles. The van der Waals surface area contributed by atoms with Gasteiger partial charge in [0.25, 0.3) is 5.56 Å². The van der Waals surface area contributed by atoms with E-state index in [-0.39, 0.29) is 31.0 Å². The molecular formula is C21H26N4O5. The molecular weight excluding hydrogens is 388 g/mol. The van der Waals surface area contributed by atoms with Crippen molar-refractivity contribution in [1.82, 2.24) is 14.0 Å². The number of ether oxygens (including phenoxy) is 1. The Hall–Kier alpha value is -3.20. The van der Waals surface area contributed by atoms with Gasteiger partial charge in [-0.15, -0.1) is 0 Å². The Morgan fingerprint density at radius 1 is 1.17 bits per heavy atom. The number of methoxy groups -OCH3 is 1.